The lowest BCUT2D eigenvalue weighted by Gasteiger charge is -2.56. The van der Waals surface area contributed by atoms with Crippen LogP contribution in [0, 0.1) is 11.3 Å². The molecule has 0 bridgehead atoms. The predicted octanol–water partition coefficient (Wildman–Crippen LogP) is 11.1. The number of allylic oxidation sites excluding steroid dienone is 4. The van der Waals surface area contributed by atoms with Gasteiger partial charge in [-0.05, 0) is 106 Å². The number of benzene rings is 3. The lowest BCUT2D eigenvalue weighted by atomic mass is 9.23. The van der Waals surface area contributed by atoms with E-state index in [1.807, 2.05) is 0 Å². The minimum Gasteiger partial charge on any atom is -0.338 e. The van der Waals surface area contributed by atoms with Crippen LogP contribution in [0.2, 0.25) is 11.6 Å². The second kappa shape index (κ2) is 10.2. The molecule has 0 amide bonds. The van der Waals surface area contributed by atoms with Crippen molar-refractivity contribution in [2.45, 2.75) is 122 Å². The first-order chi connectivity index (χ1) is 23.9. The average molecular weight is 657 g/mol. The number of rotatable bonds is 2. The van der Waals surface area contributed by atoms with Crippen molar-refractivity contribution < 1.29 is 0 Å². The van der Waals surface area contributed by atoms with Crippen molar-refractivity contribution >= 4 is 29.2 Å². The van der Waals surface area contributed by atoms with Gasteiger partial charge in [-0.3, -0.25) is 0 Å². The number of hydrogen-bond acceptors (Lipinski definition) is 2. The molecule has 7 aliphatic rings. The summed E-state index contributed by atoms with van der Waals surface area (Å²) in [6, 6.07) is 24.8. The summed E-state index contributed by atoms with van der Waals surface area (Å²) in [7, 11) is 0. The third kappa shape index (κ3) is 3.99. The van der Waals surface area contributed by atoms with Gasteiger partial charge in [-0.15, -0.1) is 0 Å². The fourth-order valence-corrected chi connectivity index (χ4v) is 12.1. The molecule has 0 saturated heterocycles. The van der Waals surface area contributed by atoms with Gasteiger partial charge >= 0.3 is 0 Å². The summed E-state index contributed by atoms with van der Waals surface area (Å²) in [6.07, 6.45) is 17.7. The van der Waals surface area contributed by atoms with Crippen LogP contribution in [0.3, 0.4) is 0 Å². The Balaban J connectivity index is 1.30. The zero-order valence-electron chi connectivity index (χ0n) is 31.4. The van der Waals surface area contributed by atoms with E-state index in [1.165, 1.54) is 65.1 Å². The van der Waals surface area contributed by atoms with Gasteiger partial charge in [0, 0.05) is 52.1 Å². The van der Waals surface area contributed by atoms with Crippen molar-refractivity contribution in [2.24, 2.45) is 11.3 Å². The smallest absolute Gasteiger partial charge is 0.196 e. The standard InChI is InChI=1S/C47H53BN2/c1-45(2,3)32-20-15-23-37-40(32)41-33(46(4,5)6)24-25-35-44(41)50(37)39-27-29(47(7,8)28-16-10-9-11-17-28)26-38-42(39)48(35)34-21-14-19-31-30-18-12-13-22-36(30)49(38)43(31)34/h9-11,13-17,20-24,26-27,31,34-35,41,43-44H,12,18-19,25H2,1-8H3. The first kappa shape index (κ1) is 31.1. The first-order valence-corrected chi connectivity index (χ1v) is 19.6. The van der Waals surface area contributed by atoms with E-state index in [-0.39, 0.29) is 16.2 Å². The summed E-state index contributed by atoms with van der Waals surface area (Å²) < 4.78 is 0. The fourth-order valence-electron chi connectivity index (χ4n) is 12.1. The van der Waals surface area contributed by atoms with E-state index < -0.39 is 0 Å². The van der Waals surface area contributed by atoms with Gasteiger partial charge in [0.1, 0.15) is 0 Å². The second-order valence-corrected chi connectivity index (χ2v) is 19.1. The molecule has 4 aliphatic heterocycles. The molecule has 3 aromatic carbocycles. The van der Waals surface area contributed by atoms with Gasteiger partial charge in [0.25, 0.3) is 0 Å². The Morgan fingerprint density at radius 2 is 1.48 bits per heavy atom. The molecular formula is C47H53BN2. The van der Waals surface area contributed by atoms with Crippen LogP contribution in [-0.4, -0.2) is 18.8 Å². The summed E-state index contributed by atoms with van der Waals surface area (Å²) in [4.78, 5) is 5.79. The molecule has 3 aliphatic carbocycles. The van der Waals surface area contributed by atoms with Crippen molar-refractivity contribution in [1.29, 1.82) is 0 Å². The molecule has 0 N–H and O–H groups in total. The summed E-state index contributed by atoms with van der Waals surface area (Å²) in [5, 5.41) is 0. The monoisotopic (exact) mass is 656 g/mol. The van der Waals surface area contributed by atoms with Gasteiger partial charge in [0.15, 0.2) is 6.71 Å². The Morgan fingerprint density at radius 1 is 0.720 bits per heavy atom. The van der Waals surface area contributed by atoms with Crippen LogP contribution < -0.4 is 15.3 Å². The Morgan fingerprint density at radius 3 is 2.22 bits per heavy atom. The van der Waals surface area contributed by atoms with Crippen LogP contribution in [-0.2, 0) is 10.8 Å². The summed E-state index contributed by atoms with van der Waals surface area (Å²) in [5.74, 6) is 2.11. The number of hydrogen-bond donors (Lipinski definition) is 0. The molecule has 3 heteroatoms. The van der Waals surface area contributed by atoms with E-state index >= 15 is 0 Å². The minimum atomic E-state index is -0.139. The van der Waals surface area contributed by atoms with Crippen molar-refractivity contribution in [3.63, 3.8) is 0 Å². The van der Waals surface area contributed by atoms with Crippen LogP contribution in [0.1, 0.15) is 109 Å². The van der Waals surface area contributed by atoms with Gasteiger partial charge in [0.2, 0.25) is 0 Å². The molecule has 6 atom stereocenters. The van der Waals surface area contributed by atoms with E-state index in [0.29, 0.717) is 42.3 Å². The largest absolute Gasteiger partial charge is 0.338 e. The highest BCUT2D eigenvalue weighted by Gasteiger charge is 2.62. The minimum absolute atomic E-state index is 0.0621. The maximum absolute atomic E-state index is 2.91. The normalized spacial score (nSPS) is 28.6. The molecule has 0 spiro atoms. The first-order valence-electron chi connectivity index (χ1n) is 19.6. The Labute approximate surface area is 301 Å². The molecule has 6 unspecified atom stereocenters. The molecule has 0 saturated carbocycles. The molecule has 50 heavy (non-hydrogen) atoms. The van der Waals surface area contributed by atoms with Crippen molar-refractivity contribution in [3.8, 4) is 0 Å². The fraction of sp³-hybridized carbons (Fsp3) is 0.447. The Bertz CT molecular complexity index is 2060. The third-order valence-electron chi connectivity index (χ3n) is 14.2. The molecule has 0 aromatic heterocycles. The van der Waals surface area contributed by atoms with Gasteiger partial charge in [-0.1, -0.05) is 128 Å². The molecular weight excluding hydrogens is 603 g/mol. The molecule has 3 aromatic rings. The zero-order valence-corrected chi connectivity index (χ0v) is 31.4. The van der Waals surface area contributed by atoms with Crippen molar-refractivity contribution in [3.05, 3.63) is 130 Å². The lowest BCUT2D eigenvalue weighted by molar-refractivity contribution is 0.402. The highest BCUT2D eigenvalue weighted by atomic mass is 15.3. The van der Waals surface area contributed by atoms with E-state index in [2.05, 4.69) is 156 Å². The van der Waals surface area contributed by atoms with Crippen LogP contribution in [0.5, 0.6) is 0 Å². The summed E-state index contributed by atoms with van der Waals surface area (Å²) >= 11 is 0. The maximum Gasteiger partial charge on any atom is 0.196 e. The molecule has 2 nitrogen and oxygen atoms in total. The molecule has 0 radical (unpaired) electrons. The SMILES string of the molecule is CC(C)(C)C1=CCC2B3c4c(cc(C(C)(C)c5ccccc5)cc4N4c5cccc(C(C)(C)C)c5C1C24)N1C2=C(CCC=C2)C2CC=CC3C21. The van der Waals surface area contributed by atoms with E-state index in [4.69, 9.17) is 0 Å². The summed E-state index contributed by atoms with van der Waals surface area (Å²) in [5.41, 5.74) is 17.0. The Kier molecular flexibility index (Phi) is 6.34. The Hall–Kier alpha value is -3.72. The summed E-state index contributed by atoms with van der Waals surface area (Å²) in [6.45, 7) is 20.1. The van der Waals surface area contributed by atoms with Crippen molar-refractivity contribution in [2.75, 3.05) is 9.80 Å². The average Bonchev–Trinajstić information content (AvgIpc) is 3.62. The highest BCUT2D eigenvalue weighted by molar-refractivity contribution is 6.81. The predicted molar refractivity (Wildman–Crippen MR) is 213 cm³/mol. The van der Waals surface area contributed by atoms with Gasteiger partial charge in [-0.2, -0.15) is 0 Å². The quantitative estimate of drug-likeness (QED) is 0.200. The van der Waals surface area contributed by atoms with Crippen LogP contribution >= 0.6 is 0 Å². The van der Waals surface area contributed by atoms with E-state index in [9.17, 15) is 0 Å². The second-order valence-electron chi connectivity index (χ2n) is 19.1. The van der Waals surface area contributed by atoms with Crippen LogP contribution in [0.4, 0.5) is 17.1 Å². The molecule has 10 rings (SSSR count). The molecule has 254 valence electrons. The lowest BCUT2D eigenvalue weighted by Crippen LogP contribution is -2.64. The molecule has 4 heterocycles. The van der Waals surface area contributed by atoms with Crippen molar-refractivity contribution in [1.82, 2.24) is 0 Å². The number of anilines is 3. The zero-order chi connectivity index (χ0) is 34.5. The van der Waals surface area contributed by atoms with E-state index in [0.717, 1.165) is 0 Å². The van der Waals surface area contributed by atoms with Crippen LogP contribution in [0.25, 0.3) is 0 Å². The number of nitrogens with zero attached hydrogens (tertiary/aromatic N) is 2. The van der Waals surface area contributed by atoms with Gasteiger partial charge < -0.3 is 9.80 Å². The van der Waals surface area contributed by atoms with E-state index in [1.54, 1.807) is 22.2 Å². The van der Waals surface area contributed by atoms with Crippen LogP contribution in [0.15, 0.2) is 108 Å². The maximum atomic E-state index is 2.91. The topological polar surface area (TPSA) is 6.48 Å². The molecule has 0 fully saturated rings. The van der Waals surface area contributed by atoms with Gasteiger partial charge in [0.05, 0.1) is 0 Å². The third-order valence-corrected chi connectivity index (χ3v) is 14.2. The highest BCUT2D eigenvalue weighted by Crippen LogP contribution is 2.65. The van der Waals surface area contributed by atoms with Gasteiger partial charge in [-0.25, -0.2) is 0 Å². The number of fused-ring (bicyclic) bond motifs is 9.